The van der Waals surface area contributed by atoms with E-state index >= 15 is 0 Å². The van der Waals surface area contributed by atoms with Gasteiger partial charge in [0.1, 0.15) is 11.4 Å². The molecule has 0 aliphatic rings. The zero-order valence-corrected chi connectivity index (χ0v) is 10.4. The number of hydrogen-bond acceptors (Lipinski definition) is 3. The van der Waals surface area contributed by atoms with E-state index in [2.05, 4.69) is 4.98 Å². The van der Waals surface area contributed by atoms with Gasteiger partial charge in [0.15, 0.2) is 6.29 Å². The maximum Gasteiger partial charge on any atom is 0.153 e. The maximum absolute atomic E-state index is 11.1. The molecule has 2 aromatic heterocycles. The second-order valence-corrected chi connectivity index (χ2v) is 4.14. The van der Waals surface area contributed by atoms with Crippen molar-refractivity contribution >= 4 is 11.9 Å². The number of benzene rings is 1. The number of ether oxygens (including phenoxy) is 1. The van der Waals surface area contributed by atoms with E-state index in [-0.39, 0.29) is 0 Å². The zero-order chi connectivity index (χ0) is 13.2. The Morgan fingerprint density at radius 3 is 2.95 bits per heavy atom. The van der Waals surface area contributed by atoms with Gasteiger partial charge < -0.3 is 4.74 Å². The molecule has 0 atom stereocenters. The van der Waals surface area contributed by atoms with Crippen LogP contribution in [0, 0.1) is 0 Å². The van der Waals surface area contributed by atoms with Crippen molar-refractivity contribution in [2.75, 3.05) is 7.11 Å². The number of fused-ring (bicyclic) bond motifs is 1. The molecule has 94 valence electrons. The lowest BCUT2D eigenvalue weighted by molar-refractivity contribution is 0.112. The van der Waals surface area contributed by atoms with Crippen molar-refractivity contribution in [1.29, 1.82) is 0 Å². The molecule has 3 rings (SSSR count). The number of rotatable bonds is 3. The summed E-state index contributed by atoms with van der Waals surface area (Å²) in [5.41, 5.74) is 3.35. The molecule has 0 bridgehead atoms. The number of aldehydes is 1. The molecule has 4 heteroatoms. The molecule has 0 aliphatic heterocycles. The van der Waals surface area contributed by atoms with Crippen LogP contribution in [0.25, 0.3) is 16.9 Å². The largest absolute Gasteiger partial charge is 0.496 e. The van der Waals surface area contributed by atoms with Crippen LogP contribution in [0.15, 0.2) is 48.8 Å². The predicted molar refractivity (Wildman–Crippen MR) is 72.6 cm³/mol. The minimum atomic E-state index is 0.539. The summed E-state index contributed by atoms with van der Waals surface area (Å²) in [6, 6.07) is 11.4. The van der Waals surface area contributed by atoms with Crippen molar-refractivity contribution in [3.05, 3.63) is 54.4 Å². The first-order valence-corrected chi connectivity index (χ1v) is 5.89. The molecule has 0 saturated heterocycles. The first-order chi connectivity index (χ1) is 9.33. The van der Waals surface area contributed by atoms with E-state index in [4.69, 9.17) is 4.74 Å². The molecule has 0 radical (unpaired) electrons. The van der Waals surface area contributed by atoms with Crippen molar-refractivity contribution < 1.29 is 9.53 Å². The number of methoxy groups -OCH3 is 1. The van der Waals surface area contributed by atoms with Crippen molar-refractivity contribution in [1.82, 2.24) is 9.38 Å². The minimum Gasteiger partial charge on any atom is -0.496 e. The molecule has 1 aromatic carbocycles. The minimum absolute atomic E-state index is 0.539. The highest BCUT2D eigenvalue weighted by molar-refractivity contribution is 5.82. The Balaban J connectivity index is 2.21. The summed E-state index contributed by atoms with van der Waals surface area (Å²) in [4.78, 5) is 15.3. The van der Waals surface area contributed by atoms with E-state index in [0.717, 1.165) is 23.2 Å². The van der Waals surface area contributed by atoms with E-state index in [0.29, 0.717) is 11.3 Å². The number of pyridine rings is 1. The molecule has 4 nitrogen and oxygen atoms in total. The molecule has 0 N–H and O–H groups in total. The Bertz CT molecular complexity index is 747. The third-order valence-electron chi connectivity index (χ3n) is 3.08. The Morgan fingerprint density at radius 1 is 1.26 bits per heavy atom. The van der Waals surface area contributed by atoms with Gasteiger partial charge in [-0.3, -0.25) is 9.20 Å². The molecule has 2 heterocycles. The van der Waals surface area contributed by atoms with Crippen LogP contribution in [0.1, 0.15) is 10.4 Å². The standard InChI is InChI=1S/C15H12N2O2/c1-19-14-6-5-11(9-12(14)10-18)13-3-2-4-15-16-7-8-17(13)15/h2-10H,1H3. The van der Waals surface area contributed by atoms with E-state index in [1.165, 1.54) is 0 Å². The van der Waals surface area contributed by atoms with Gasteiger partial charge >= 0.3 is 0 Å². The average Bonchev–Trinajstić information content (AvgIpc) is 2.94. The second-order valence-electron chi connectivity index (χ2n) is 4.14. The van der Waals surface area contributed by atoms with Gasteiger partial charge in [-0.15, -0.1) is 0 Å². The highest BCUT2D eigenvalue weighted by Gasteiger charge is 2.07. The molecule has 3 aromatic rings. The lowest BCUT2D eigenvalue weighted by Gasteiger charge is -2.08. The van der Waals surface area contributed by atoms with Crippen LogP contribution in [0.5, 0.6) is 5.75 Å². The van der Waals surface area contributed by atoms with Gasteiger partial charge in [0, 0.05) is 12.4 Å². The van der Waals surface area contributed by atoms with Crippen molar-refractivity contribution in [2.45, 2.75) is 0 Å². The van der Waals surface area contributed by atoms with Gasteiger partial charge in [0.2, 0.25) is 0 Å². The number of carbonyl (C=O) groups excluding carboxylic acids is 1. The Morgan fingerprint density at radius 2 is 2.16 bits per heavy atom. The quantitative estimate of drug-likeness (QED) is 0.673. The molecule has 0 amide bonds. The fraction of sp³-hybridized carbons (Fsp3) is 0.0667. The summed E-state index contributed by atoms with van der Waals surface area (Å²) in [5, 5.41) is 0. The molecule has 0 unspecified atom stereocenters. The summed E-state index contributed by atoms with van der Waals surface area (Å²) in [6.45, 7) is 0. The summed E-state index contributed by atoms with van der Waals surface area (Å²) in [7, 11) is 1.55. The number of nitrogens with zero attached hydrogens (tertiary/aromatic N) is 2. The van der Waals surface area contributed by atoms with Crippen LogP contribution in [0.2, 0.25) is 0 Å². The Kier molecular flexibility index (Phi) is 2.76. The average molecular weight is 252 g/mol. The number of imidazole rings is 1. The van der Waals surface area contributed by atoms with Crippen LogP contribution in [0.3, 0.4) is 0 Å². The molecule has 0 saturated carbocycles. The second kappa shape index (κ2) is 4.57. The molecule has 0 fully saturated rings. The third kappa shape index (κ3) is 1.87. The first kappa shape index (κ1) is 11.5. The van der Waals surface area contributed by atoms with Crippen LogP contribution >= 0.6 is 0 Å². The molecular weight excluding hydrogens is 240 g/mol. The van der Waals surface area contributed by atoms with Crippen LogP contribution in [-0.4, -0.2) is 22.8 Å². The van der Waals surface area contributed by atoms with Gasteiger partial charge in [0.05, 0.1) is 18.4 Å². The number of hydrogen-bond donors (Lipinski definition) is 0. The number of carbonyl (C=O) groups is 1. The highest BCUT2D eigenvalue weighted by atomic mass is 16.5. The van der Waals surface area contributed by atoms with Gasteiger partial charge in [-0.05, 0) is 35.9 Å². The molecular formula is C15H12N2O2. The Labute approximate surface area is 110 Å². The van der Waals surface area contributed by atoms with Crippen LogP contribution in [-0.2, 0) is 0 Å². The van der Waals surface area contributed by atoms with E-state index in [9.17, 15) is 4.79 Å². The molecule has 19 heavy (non-hydrogen) atoms. The van der Waals surface area contributed by atoms with Gasteiger partial charge in [-0.2, -0.15) is 0 Å². The Hall–Kier alpha value is -2.62. The summed E-state index contributed by atoms with van der Waals surface area (Å²) >= 11 is 0. The van der Waals surface area contributed by atoms with Crippen molar-refractivity contribution in [2.24, 2.45) is 0 Å². The van der Waals surface area contributed by atoms with Crippen LogP contribution in [0.4, 0.5) is 0 Å². The van der Waals surface area contributed by atoms with Crippen molar-refractivity contribution in [3.63, 3.8) is 0 Å². The normalized spacial score (nSPS) is 10.6. The molecule has 0 aliphatic carbocycles. The summed E-state index contributed by atoms with van der Waals surface area (Å²) in [6.07, 6.45) is 4.45. The fourth-order valence-corrected chi connectivity index (χ4v) is 2.17. The lowest BCUT2D eigenvalue weighted by Crippen LogP contribution is -1.94. The highest BCUT2D eigenvalue weighted by Crippen LogP contribution is 2.26. The lowest BCUT2D eigenvalue weighted by atomic mass is 10.1. The van der Waals surface area contributed by atoms with Crippen LogP contribution < -0.4 is 4.74 Å². The maximum atomic E-state index is 11.1. The SMILES string of the molecule is COc1ccc(-c2cccc3nccn23)cc1C=O. The van der Waals surface area contributed by atoms with Gasteiger partial charge in [0.25, 0.3) is 0 Å². The molecule has 0 spiro atoms. The zero-order valence-electron chi connectivity index (χ0n) is 10.4. The van der Waals surface area contributed by atoms with Gasteiger partial charge in [-0.25, -0.2) is 4.98 Å². The number of aromatic nitrogens is 2. The van der Waals surface area contributed by atoms with E-state index < -0.39 is 0 Å². The van der Waals surface area contributed by atoms with Crippen molar-refractivity contribution in [3.8, 4) is 17.0 Å². The van der Waals surface area contributed by atoms with E-state index in [1.807, 2.05) is 40.9 Å². The summed E-state index contributed by atoms with van der Waals surface area (Å²) in [5.74, 6) is 0.580. The smallest absolute Gasteiger partial charge is 0.153 e. The monoisotopic (exact) mass is 252 g/mol. The van der Waals surface area contributed by atoms with Gasteiger partial charge in [-0.1, -0.05) is 6.07 Å². The third-order valence-corrected chi connectivity index (χ3v) is 3.08. The topological polar surface area (TPSA) is 43.6 Å². The first-order valence-electron chi connectivity index (χ1n) is 5.89. The summed E-state index contributed by atoms with van der Waals surface area (Å²) < 4.78 is 7.13. The van der Waals surface area contributed by atoms with E-state index in [1.54, 1.807) is 19.4 Å². The predicted octanol–water partition coefficient (Wildman–Crippen LogP) is 2.82. The fourth-order valence-electron chi connectivity index (χ4n) is 2.17.